The highest BCUT2D eigenvalue weighted by Gasteiger charge is 2.34. The maximum Gasteiger partial charge on any atom is 0.255 e. The molecule has 1 aromatic heterocycles. The zero-order valence-corrected chi connectivity index (χ0v) is 16.0. The van der Waals surface area contributed by atoms with Gasteiger partial charge >= 0.3 is 0 Å². The summed E-state index contributed by atoms with van der Waals surface area (Å²) in [5, 5.41) is 2.86. The molecule has 29 heavy (non-hydrogen) atoms. The molecule has 0 spiro atoms. The molecule has 1 N–H and O–H groups in total. The number of nitrogens with one attached hydrogen (secondary N) is 1. The van der Waals surface area contributed by atoms with E-state index in [0.717, 1.165) is 16.9 Å². The number of amides is 2. The predicted molar refractivity (Wildman–Crippen MR) is 110 cm³/mol. The summed E-state index contributed by atoms with van der Waals surface area (Å²) in [5.74, 6) is 0.488. The average molecular weight is 387 g/mol. The van der Waals surface area contributed by atoms with E-state index >= 15 is 0 Å². The first-order valence-corrected chi connectivity index (χ1v) is 9.38. The Morgan fingerprint density at radius 2 is 1.93 bits per heavy atom. The second kappa shape index (κ2) is 8.14. The van der Waals surface area contributed by atoms with Crippen molar-refractivity contribution < 1.29 is 14.3 Å². The summed E-state index contributed by atoms with van der Waals surface area (Å²) in [5.41, 5.74) is 3.18. The van der Waals surface area contributed by atoms with Crippen LogP contribution in [0.4, 0.5) is 5.69 Å². The van der Waals surface area contributed by atoms with E-state index in [1.807, 2.05) is 48.5 Å². The van der Waals surface area contributed by atoms with Crippen molar-refractivity contribution in [2.24, 2.45) is 0 Å². The van der Waals surface area contributed by atoms with Crippen LogP contribution in [0.1, 0.15) is 33.9 Å². The van der Waals surface area contributed by atoms with E-state index in [9.17, 15) is 9.59 Å². The number of rotatable bonds is 6. The summed E-state index contributed by atoms with van der Waals surface area (Å²) in [6.07, 6.45) is 3.38. The molecule has 1 aliphatic rings. The maximum atomic E-state index is 13.0. The Morgan fingerprint density at radius 1 is 1.14 bits per heavy atom. The molecular formula is C23H21N3O3. The summed E-state index contributed by atoms with van der Waals surface area (Å²) in [6.45, 7) is 0.478. The van der Waals surface area contributed by atoms with Crippen LogP contribution in [0.25, 0.3) is 0 Å². The lowest BCUT2D eigenvalue weighted by atomic mass is 10.0. The van der Waals surface area contributed by atoms with Crippen LogP contribution in [0.3, 0.4) is 0 Å². The van der Waals surface area contributed by atoms with Gasteiger partial charge in [0.2, 0.25) is 5.91 Å². The van der Waals surface area contributed by atoms with Crippen LogP contribution in [0.5, 0.6) is 5.75 Å². The van der Waals surface area contributed by atoms with Gasteiger partial charge in [-0.25, -0.2) is 0 Å². The molecule has 1 unspecified atom stereocenters. The van der Waals surface area contributed by atoms with Crippen LogP contribution in [0.15, 0.2) is 73.1 Å². The van der Waals surface area contributed by atoms with Crippen LogP contribution in [0, 0.1) is 0 Å². The lowest BCUT2D eigenvalue weighted by molar-refractivity contribution is -0.117. The van der Waals surface area contributed by atoms with Gasteiger partial charge in [0.25, 0.3) is 5.91 Å². The van der Waals surface area contributed by atoms with Crippen molar-refractivity contribution >= 4 is 17.5 Å². The SMILES string of the molecule is COc1ccc(C(CC(=O)Nc2cccnc2)N2Cc3ccccc3C2=O)cc1. The highest BCUT2D eigenvalue weighted by Crippen LogP contribution is 2.34. The number of benzene rings is 2. The maximum absolute atomic E-state index is 13.0. The summed E-state index contributed by atoms with van der Waals surface area (Å²) in [6, 6.07) is 18.2. The van der Waals surface area contributed by atoms with Crippen LogP contribution < -0.4 is 10.1 Å². The molecule has 2 heterocycles. The van der Waals surface area contributed by atoms with Crippen LogP contribution in [-0.2, 0) is 11.3 Å². The second-order valence-electron chi connectivity index (χ2n) is 6.87. The Balaban J connectivity index is 1.61. The summed E-state index contributed by atoms with van der Waals surface area (Å²) in [4.78, 5) is 31.6. The molecule has 3 aromatic rings. The topological polar surface area (TPSA) is 71.5 Å². The van der Waals surface area contributed by atoms with E-state index in [1.54, 1.807) is 36.5 Å². The van der Waals surface area contributed by atoms with Gasteiger partial charge in [0.15, 0.2) is 0 Å². The van der Waals surface area contributed by atoms with Crippen LogP contribution in [0.2, 0.25) is 0 Å². The summed E-state index contributed by atoms with van der Waals surface area (Å²) in [7, 11) is 1.61. The molecule has 0 radical (unpaired) electrons. The number of hydrogen-bond acceptors (Lipinski definition) is 4. The van der Waals surface area contributed by atoms with Gasteiger partial charge in [-0.2, -0.15) is 0 Å². The quantitative estimate of drug-likeness (QED) is 0.698. The van der Waals surface area contributed by atoms with Crippen molar-refractivity contribution in [1.82, 2.24) is 9.88 Å². The number of pyridine rings is 1. The largest absolute Gasteiger partial charge is 0.497 e. The highest BCUT2D eigenvalue weighted by atomic mass is 16.5. The molecule has 1 atom stereocenters. The van der Waals surface area contributed by atoms with Crippen molar-refractivity contribution in [2.75, 3.05) is 12.4 Å². The van der Waals surface area contributed by atoms with E-state index in [-0.39, 0.29) is 18.2 Å². The molecule has 0 saturated carbocycles. The third kappa shape index (κ3) is 3.96. The number of anilines is 1. The van der Waals surface area contributed by atoms with Gasteiger partial charge < -0.3 is 15.0 Å². The lowest BCUT2D eigenvalue weighted by Gasteiger charge is -2.28. The fraction of sp³-hybridized carbons (Fsp3) is 0.174. The van der Waals surface area contributed by atoms with Crippen LogP contribution >= 0.6 is 0 Å². The van der Waals surface area contributed by atoms with Crippen molar-refractivity contribution in [3.8, 4) is 5.75 Å². The van der Waals surface area contributed by atoms with Gasteiger partial charge in [-0.1, -0.05) is 30.3 Å². The van der Waals surface area contributed by atoms with E-state index in [4.69, 9.17) is 4.74 Å². The Bertz CT molecular complexity index is 1020. The number of methoxy groups -OCH3 is 1. The smallest absolute Gasteiger partial charge is 0.255 e. The predicted octanol–water partition coefficient (Wildman–Crippen LogP) is 3.82. The molecular weight excluding hydrogens is 366 g/mol. The molecule has 2 amide bonds. The second-order valence-corrected chi connectivity index (χ2v) is 6.87. The van der Waals surface area contributed by atoms with Crippen molar-refractivity contribution in [3.05, 3.63) is 89.7 Å². The Hall–Kier alpha value is -3.67. The van der Waals surface area contributed by atoms with E-state index in [1.165, 1.54) is 0 Å². The van der Waals surface area contributed by atoms with Gasteiger partial charge in [0.05, 0.1) is 31.5 Å². The average Bonchev–Trinajstić information content (AvgIpc) is 3.09. The first kappa shape index (κ1) is 18.7. The van der Waals surface area contributed by atoms with Gasteiger partial charge in [0, 0.05) is 18.3 Å². The van der Waals surface area contributed by atoms with Gasteiger partial charge in [0.1, 0.15) is 5.75 Å². The monoisotopic (exact) mass is 387 g/mol. The Morgan fingerprint density at radius 3 is 2.62 bits per heavy atom. The molecule has 0 fully saturated rings. The van der Waals surface area contributed by atoms with E-state index in [2.05, 4.69) is 10.3 Å². The zero-order valence-electron chi connectivity index (χ0n) is 16.0. The molecule has 6 heteroatoms. The number of carbonyl (C=O) groups is 2. The highest BCUT2D eigenvalue weighted by molar-refractivity contribution is 5.99. The molecule has 146 valence electrons. The molecule has 4 rings (SSSR count). The summed E-state index contributed by atoms with van der Waals surface area (Å²) < 4.78 is 5.24. The first-order chi connectivity index (χ1) is 14.2. The number of carbonyl (C=O) groups excluding carboxylic acids is 2. The zero-order chi connectivity index (χ0) is 20.2. The fourth-order valence-corrected chi connectivity index (χ4v) is 3.59. The number of ether oxygens (including phenoxy) is 1. The molecule has 0 aliphatic carbocycles. The molecule has 0 bridgehead atoms. The van der Waals surface area contributed by atoms with Crippen molar-refractivity contribution in [1.29, 1.82) is 0 Å². The third-order valence-corrected chi connectivity index (χ3v) is 5.05. The fourth-order valence-electron chi connectivity index (χ4n) is 3.59. The first-order valence-electron chi connectivity index (χ1n) is 9.38. The van der Waals surface area contributed by atoms with Crippen molar-refractivity contribution in [2.45, 2.75) is 19.0 Å². The standard InChI is InChI=1S/C23H21N3O3/c1-29-19-10-8-16(9-11-19)21(13-22(27)25-18-6-4-12-24-14-18)26-15-17-5-2-3-7-20(17)23(26)28/h2-12,14,21H,13,15H2,1H3,(H,25,27). The van der Waals surface area contributed by atoms with E-state index in [0.29, 0.717) is 17.8 Å². The van der Waals surface area contributed by atoms with Crippen LogP contribution in [-0.4, -0.2) is 28.8 Å². The van der Waals surface area contributed by atoms with Gasteiger partial charge in [-0.3, -0.25) is 14.6 Å². The molecule has 2 aromatic carbocycles. The minimum absolute atomic E-state index is 0.0596. The normalized spacial score (nSPS) is 13.7. The van der Waals surface area contributed by atoms with Gasteiger partial charge in [-0.05, 0) is 41.5 Å². The van der Waals surface area contributed by atoms with Crippen molar-refractivity contribution in [3.63, 3.8) is 0 Å². The number of hydrogen-bond donors (Lipinski definition) is 1. The number of aromatic nitrogens is 1. The molecule has 6 nitrogen and oxygen atoms in total. The Kier molecular flexibility index (Phi) is 5.24. The molecule has 1 aliphatic heterocycles. The van der Waals surface area contributed by atoms with E-state index < -0.39 is 6.04 Å². The third-order valence-electron chi connectivity index (χ3n) is 5.05. The minimum Gasteiger partial charge on any atom is -0.497 e. The number of fused-ring (bicyclic) bond motifs is 1. The Labute approximate surface area is 169 Å². The minimum atomic E-state index is -0.391. The number of nitrogens with zero attached hydrogens (tertiary/aromatic N) is 2. The lowest BCUT2D eigenvalue weighted by Crippen LogP contribution is -2.32. The van der Waals surface area contributed by atoms with Gasteiger partial charge in [-0.15, -0.1) is 0 Å². The molecule has 0 saturated heterocycles. The summed E-state index contributed by atoms with van der Waals surface area (Å²) >= 11 is 0.